The van der Waals surface area contributed by atoms with Crippen LogP contribution in [-0.4, -0.2) is 20.0 Å². The molecule has 0 fully saturated rings. The van der Waals surface area contributed by atoms with Gasteiger partial charge in [0.2, 0.25) is 5.78 Å². The van der Waals surface area contributed by atoms with E-state index >= 15 is 0 Å². The molecule has 3 rings (SSSR count). The van der Waals surface area contributed by atoms with E-state index in [1.54, 1.807) is 0 Å². The second-order valence-electron chi connectivity index (χ2n) is 6.06. The third kappa shape index (κ3) is 4.83. The van der Waals surface area contributed by atoms with Crippen LogP contribution in [0.25, 0.3) is 0 Å². The molecule has 2 aromatic carbocycles. The van der Waals surface area contributed by atoms with Crippen molar-refractivity contribution in [2.24, 2.45) is 5.73 Å². The van der Waals surface area contributed by atoms with E-state index in [1.807, 2.05) is 0 Å². The highest BCUT2D eigenvalue weighted by atomic mass is 35.5. The summed E-state index contributed by atoms with van der Waals surface area (Å²) >= 11 is 5.72. The number of alkyl halides is 3. The monoisotopic (exact) mass is 447 g/mol. The van der Waals surface area contributed by atoms with Crippen LogP contribution >= 0.6 is 11.6 Å². The number of hydrogen-bond donors (Lipinski definition) is 1. The Morgan fingerprint density at radius 3 is 2.21 bits per heavy atom. The maximum atomic E-state index is 12.7. The molecule has 0 aromatic heterocycles. The molecule has 0 saturated carbocycles. The van der Waals surface area contributed by atoms with Gasteiger partial charge in [-0.15, -0.1) is 0 Å². The van der Waals surface area contributed by atoms with Gasteiger partial charge in [-0.25, -0.2) is 0 Å². The first-order valence-electron chi connectivity index (χ1n) is 8.00. The van der Waals surface area contributed by atoms with Crippen LogP contribution in [0.1, 0.15) is 17.2 Å². The van der Waals surface area contributed by atoms with E-state index in [4.69, 9.17) is 26.3 Å². The van der Waals surface area contributed by atoms with Crippen LogP contribution in [0.5, 0.6) is 5.75 Å². The maximum absolute atomic E-state index is 12.7. The van der Waals surface area contributed by atoms with Gasteiger partial charge in [0.1, 0.15) is 11.5 Å². The predicted octanol–water partition coefficient (Wildman–Crippen LogP) is 3.58. The van der Waals surface area contributed by atoms with Crippen LogP contribution in [0.2, 0.25) is 5.02 Å². The van der Waals surface area contributed by atoms with Crippen molar-refractivity contribution in [1.82, 2.24) is 0 Å². The Morgan fingerprint density at radius 2 is 1.66 bits per heavy atom. The Kier molecular flexibility index (Phi) is 5.50. The summed E-state index contributed by atoms with van der Waals surface area (Å²) in [5.74, 6) is -2.08. The lowest BCUT2D eigenvalue weighted by molar-refractivity contribution is -0.137. The first-order chi connectivity index (χ1) is 13.5. The topological polar surface area (TPSA) is 95.7 Å². The SMILES string of the molecule is NC1=C(CS(=O)(=O)Oc2ccc(Cl)cc2)C(=O)C(c2ccc(C(F)(F)F)cc2)O1. The van der Waals surface area contributed by atoms with Crippen molar-refractivity contribution in [2.45, 2.75) is 12.3 Å². The van der Waals surface area contributed by atoms with E-state index in [-0.39, 0.29) is 16.9 Å². The zero-order valence-electron chi connectivity index (χ0n) is 14.4. The van der Waals surface area contributed by atoms with Crippen molar-refractivity contribution >= 4 is 27.5 Å². The molecule has 1 heterocycles. The molecular formula is C18H13ClF3NO5S. The van der Waals surface area contributed by atoms with Crippen LogP contribution in [0.15, 0.2) is 60.0 Å². The number of benzene rings is 2. The largest absolute Gasteiger partial charge is 0.463 e. The number of ether oxygens (including phenoxy) is 1. The Bertz CT molecular complexity index is 1060. The van der Waals surface area contributed by atoms with Gasteiger partial charge < -0.3 is 14.7 Å². The van der Waals surface area contributed by atoms with Crippen LogP contribution in [0, 0.1) is 0 Å². The third-order valence-corrected chi connectivity index (χ3v) is 5.32. The fourth-order valence-electron chi connectivity index (χ4n) is 2.58. The molecule has 29 heavy (non-hydrogen) atoms. The van der Waals surface area contributed by atoms with Gasteiger partial charge in [-0.05, 0) is 36.4 Å². The number of carbonyl (C=O) groups is 1. The summed E-state index contributed by atoms with van der Waals surface area (Å²) in [5.41, 5.74) is 4.50. The van der Waals surface area contributed by atoms with Crippen molar-refractivity contribution < 1.29 is 35.3 Å². The number of rotatable bonds is 5. The summed E-state index contributed by atoms with van der Waals surface area (Å²) in [6, 6.07) is 9.22. The van der Waals surface area contributed by atoms with Crippen molar-refractivity contribution in [3.05, 3.63) is 76.1 Å². The minimum absolute atomic E-state index is 0.0146. The van der Waals surface area contributed by atoms with E-state index in [0.29, 0.717) is 5.02 Å². The zero-order chi connectivity index (χ0) is 21.4. The van der Waals surface area contributed by atoms with Crippen LogP contribution < -0.4 is 9.92 Å². The van der Waals surface area contributed by atoms with Crippen LogP contribution in [0.4, 0.5) is 13.2 Å². The number of hydrogen-bond acceptors (Lipinski definition) is 6. The van der Waals surface area contributed by atoms with E-state index in [1.165, 1.54) is 24.3 Å². The highest BCUT2D eigenvalue weighted by Crippen LogP contribution is 2.34. The highest BCUT2D eigenvalue weighted by Gasteiger charge is 2.38. The highest BCUT2D eigenvalue weighted by molar-refractivity contribution is 7.87. The second-order valence-corrected chi connectivity index (χ2v) is 8.07. The number of Topliss-reactive ketones (excluding diaryl/α,β-unsaturated/α-hetero) is 1. The molecule has 0 bridgehead atoms. The molecule has 2 N–H and O–H groups in total. The lowest BCUT2D eigenvalue weighted by atomic mass is 10.0. The fraction of sp³-hybridized carbons (Fsp3) is 0.167. The molecule has 1 unspecified atom stereocenters. The second kappa shape index (κ2) is 7.60. The smallest absolute Gasteiger partial charge is 0.416 e. The summed E-state index contributed by atoms with van der Waals surface area (Å²) in [7, 11) is -4.26. The van der Waals surface area contributed by atoms with Crippen molar-refractivity contribution in [2.75, 3.05) is 5.75 Å². The Hall–Kier alpha value is -2.72. The lowest BCUT2D eigenvalue weighted by Crippen LogP contribution is -2.20. The molecule has 1 atom stereocenters. The average molecular weight is 448 g/mol. The minimum atomic E-state index is -4.53. The first kappa shape index (κ1) is 21.0. The number of halogens is 4. The molecule has 11 heteroatoms. The summed E-state index contributed by atoms with van der Waals surface area (Å²) in [5, 5.41) is 0.375. The van der Waals surface area contributed by atoms with Gasteiger partial charge in [0, 0.05) is 10.6 Å². The normalized spacial score (nSPS) is 17.4. The quantitative estimate of drug-likeness (QED) is 0.704. The maximum Gasteiger partial charge on any atom is 0.416 e. The summed E-state index contributed by atoms with van der Waals surface area (Å²) < 4.78 is 72.6. The molecule has 0 spiro atoms. The molecule has 0 radical (unpaired) electrons. The zero-order valence-corrected chi connectivity index (χ0v) is 16.0. The number of nitrogens with two attached hydrogens (primary N) is 1. The summed E-state index contributed by atoms with van der Waals surface area (Å²) in [6.45, 7) is 0. The first-order valence-corrected chi connectivity index (χ1v) is 9.96. The molecule has 1 aliphatic rings. The Labute approximate surface area is 168 Å². The molecule has 6 nitrogen and oxygen atoms in total. The molecule has 0 saturated heterocycles. The van der Waals surface area contributed by atoms with Gasteiger partial charge in [0.25, 0.3) is 0 Å². The van der Waals surface area contributed by atoms with E-state index in [2.05, 4.69) is 0 Å². The third-order valence-electron chi connectivity index (χ3n) is 3.98. The fourth-order valence-corrected chi connectivity index (χ4v) is 3.81. The van der Waals surface area contributed by atoms with Gasteiger partial charge in [-0.1, -0.05) is 23.7 Å². The molecule has 0 aliphatic carbocycles. The predicted molar refractivity (Wildman–Crippen MR) is 97.4 cm³/mol. The van der Waals surface area contributed by atoms with E-state index in [0.717, 1.165) is 24.3 Å². The number of ketones is 1. The summed E-state index contributed by atoms with van der Waals surface area (Å²) in [6.07, 6.45) is -5.87. The van der Waals surface area contributed by atoms with Crippen LogP contribution in [0.3, 0.4) is 0 Å². The van der Waals surface area contributed by atoms with Crippen LogP contribution in [-0.2, 0) is 25.8 Å². The van der Waals surface area contributed by atoms with Gasteiger partial charge in [-0.3, -0.25) is 4.79 Å². The van der Waals surface area contributed by atoms with Gasteiger partial charge in [-0.2, -0.15) is 21.6 Å². The Balaban J connectivity index is 1.75. The van der Waals surface area contributed by atoms with E-state index in [9.17, 15) is 26.4 Å². The summed E-state index contributed by atoms with van der Waals surface area (Å²) in [4.78, 5) is 12.6. The van der Waals surface area contributed by atoms with Crippen molar-refractivity contribution in [3.63, 3.8) is 0 Å². The lowest BCUT2D eigenvalue weighted by Gasteiger charge is -2.12. The average Bonchev–Trinajstić information content (AvgIpc) is 2.91. The minimum Gasteiger partial charge on any atom is -0.463 e. The molecule has 2 aromatic rings. The van der Waals surface area contributed by atoms with Gasteiger partial charge in [0.05, 0.1) is 11.1 Å². The molecular weight excluding hydrogens is 435 g/mol. The van der Waals surface area contributed by atoms with Gasteiger partial charge >= 0.3 is 16.3 Å². The van der Waals surface area contributed by atoms with E-state index < -0.39 is 45.4 Å². The van der Waals surface area contributed by atoms with Crippen molar-refractivity contribution in [3.8, 4) is 5.75 Å². The van der Waals surface area contributed by atoms with Crippen molar-refractivity contribution in [1.29, 1.82) is 0 Å². The molecule has 154 valence electrons. The standard InChI is InChI=1S/C18H13ClF3NO5S/c19-12-5-7-13(8-6-12)28-29(25,26)9-14-15(24)16(27-17(14)23)10-1-3-11(4-2-10)18(20,21)22/h1-8,16H,9,23H2. The van der Waals surface area contributed by atoms with Gasteiger partial charge in [0.15, 0.2) is 12.0 Å². The number of carbonyl (C=O) groups excluding carboxylic acids is 1. The Morgan fingerprint density at radius 1 is 1.07 bits per heavy atom. The molecule has 0 amide bonds. The molecule has 1 aliphatic heterocycles.